The molecule has 2 heteroatoms. The van der Waals surface area contributed by atoms with Crippen molar-refractivity contribution in [2.45, 2.75) is 72.3 Å². The molecule has 0 aromatic carbocycles. The van der Waals surface area contributed by atoms with Crippen LogP contribution in [-0.4, -0.2) is 30.1 Å². The smallest absolute Gasteiger partial charge is 0.0342 e. The molecule has 2 fully saturated rings. The molecular weight excluding hydrogens is 232 g/mol. The molecule has 1 unspecified atom stereocenters. The second kappa shape index (κ2) is 5.04. The number of hydrogen-bond acceptors (Lipinski definition) is 2. The Labute approximate surface area is 120 Å². The van der Waals surface area contributed by atoms with Crippen LogP contribution in [0.1, 0.15) is 66.7 Å². The van der Waals surface area contributed by atoms with Gasteiger partial charge in [0.2, 0.25) is 0 Å². The SMILES string of the molecule is CCC1CCN(C2(CN)CC(C)(C)CC(C)(C)C2)C1. The molecular formula is C17H34N2. The van der Waals surface area contributed by atoms with E-state index in [1.165, 1.54) is 45.2 Å². The van der Waals surface area contributed by atoms with Gasteiger partial charge < -0.3 is 5.73 Å². The zero-order valence-electron chi connectivity index (χ0n) is 13.8. The Kier molecular flexibility index (Phi) is 4.06. The molecule has 2 nitrogen and oxygen atoms in total. The van der Waals surface area contributed by atoms with Gasteiger partial charge in [0, 0.05) is 18.6 Å². The van der Waals surface area contributed by atoms with E-state index in [1.807, 2.05) is 0 Å². The van der Waals surface area contributed by atoms with Gasteiger partial charge in [0.05, 0.1) is 0 Å². The van der Waals surface area contributed by atoms with E-state index in [9.17, 15) is 0 Å². The highest BCUT2D eigenvalue weighted by molar-refractivity contribution is 5.05. The lowest BCUT2D eigenvalue weighted by atomic mass is 9.58. The standard InChI is InChI=1S/C17H34N2/c1-6-14-7-8-19(9-14)17(13-18)11-15(2,3)10-16(4,5)12-17/h14H,6-13,18H2,1-5H3. The van der Waals surface area contributed by atoms with Crippen molar-refractivity contribution in [3.05, 3.63) is 0 Å². The van der Waals surface area contributed by atoms with Crippen LogP contribution < -0.4 is 5.73 Å². The molecule has 1 atom stereocenters. The Balaban J connectivity index is 2.22. The van der Waals surface area contributed by atoms with E-state index >= 15 is 0 Å². The van der Waals surface area contributed by atoms with E-state index in [0.717, 1.165) is 12.5 Å². The van der Waals surface area contributed by atoms with Gasteiger partial charge in [0.1, 0.15) is 0 Å². The maximum absolute atomic E-state index is 6.31. The first-order valence-corrected chi connectivity index (χ1v) is 8.17. The summed E-state index contributed by atoms with van der Waals surface area (Å²) in [6.07, 6.45) is 6.57. The van der Waals surface area contributed by atoms with Crippen molar-refractivity contribution in [2.75, 3.05) is 19.6 Å². The average Bonchev–Trinajstić information content (AvgIpc) is 2.73. The number of rotatable bonds is 3. The van der Waals surface area contributed by atoms with Gasteiger partial charge in [-0.25, -0.2) is 0 Å². The number of nitrogens with zero attached hydrogens (tertiary/aromatic N) is 1. The second-order valence-corrected chi connectivity index (χ2v) is 8.80. The highest BCUT2D eigenvalue weighted by Gasteiger charge is 2.50. The summed E-state index contributed by atoms with van der Waals surface area (Å²) < 4.78 is 0. The van der Waals surface area contributed by atoms with Crippen molar-refractivity contribution in [2.24, 2.45) is 22.5 Å². The van der Waals surface area contributed by atoms with E-state index in [-0.39, 0.29) is 5.54 Å². The van der Waals surface area contributed by atoms with E-state index in [4.69, 9.17) is 5.73 Å². The monoisotopic (exact) mass is 266 g/mol. The first kappa shape index (κ1) is 15.3. The molecule has 112 valence electrons. The first-order valence-electron chi connectivity index (χ1n) is 8.17. The molecule has 2 rings (SSSR count). The zero-order chi connectivity index (χ0) is 14.3. The summed E-state index contributed by atoms with van der Waals surface area (Å²) in [5, 5.41) is 0. The molecule has 19 heavy (non-hydrogen) atoms. The van der Waals surface area contributed by atoms with Crippen LogP contribution in [0.15, 0.2) is 0 Å². The topological polar surface area (TPSA) is 29.3 Å². The summed E-state index contributed by atoms with van der Waals surface area (Å²) in [5.74, 6) is 0.900. The van der Waals surface area contributed by atoms with Crippen molar-refractivity contribution >= 4 is 0 Å². The second-order valence-electron chi connectivity index (χ2n) is 8.80. The van der Waals surface area contributed by atoms with Gasteiger partial charge in [-0.15, -0.1) is 0 Å². The summed E-state index contributed by atoms with van der Waals surface area (Å²) in [7, 11) is 0. The Bertz CT molecular complexity index is 303. The van der Waals surface area contributed by atoms with Crippen molar-refractivity contribution < 1.29 is 0 Å². The third kappa shape index (κ3) is 3.16. The van der Waals surface area contributed by atoms with Crippen molar-refractivity contribution in [3.8, 4) is 0 Å². The highest BCUT2D eigenvalue weighted by atomic mass is 15.2. The van der Waals surface area contributed by atoms with Gasteiger partial charge in [-0.05, 0) is 49.0 Å². The van der Waals surface area contributed by atoms with E-state index in [2.05, 4.69) is 39.5 Å². The quantitative estimate of drug-likeness (QED) is 0.845. The summed E-state index contributed by atoms with van der Waals surface area (Å²) >= 11 is 0. The third-order valence-electron chi connectivity index (χ3n) is 5.49. The van der Waals surface area contributed by atoms with E-state index in [1.54, 1.807) is 0 Å². The van der Waals surface area contributed by atoms with Crippen LogP contribution in [0.4, 0.5) is 0 Å². The minimum Gasteiger partial charge on any atom is -0.329 e. The minimum absolute atomic E-state index is 0.259. The molecule has 0 bridgehead atoms. The fourth-order valence-electron chi connectivity index (χ4n) is 5.36. The van der Waals surface area contributed by atoms with E-state index in [0.29, 0.717) is 10.8 Å². The summed E-state index contributed by atoms with van der Waals surface area (Å²) in [6.45, 7) is 15.4. The molecule has 0 amide bonds. The Morgan fingerprint density at radius 1 is 1.05 bits per heavy atom. The molecule has 0 aromatic rings. The molecule has 2 aliphatic rings. The van der Waals surface area contributed by atoms with Crippen LogP contribution in [0.3, 0.4) is 0 Å². The van der Waals surface area contributed by atoms with Crippen LogP contribution in [0.2, 0.25) is 0 Å². The van der Waals surface area contributed by atoms with E-state index < -0.39 is 0 Å². The lowest BCUT2D eigenvalue weighted by molar-refractivity contribution is -0.0348. The normalized spacial score (nSPS) is 33.5. The molecule has 1 heterocycles. The van der Waals surface area contributed by atoms with Crippen LogP contribution in [0.5, 0.6) is 0 Å². The number of hydrogen-bond donors (Lipinski definition) is 1. The maximum atomic E-state index is 6.31. The van der Waals surface area contributed by atoms with Gasteiger partial charge in [-0.3, -0.25) is 4.90 Å². The molecule has 0 aromatic heterocycles. The molecule has 1 aliphatic heterocycles. The van der Waals surface area contributed by atoms with Gasteiger partial charge >= 0.3 is 0 Å². The predicted octanol–water partition coefficient (Wildman–Crippen LogP) is 3.65. The third-order valence-corrected chi connectivity index (χ3v) is 5.49. The Morgan fingerprint density at radius 2 is 1.63 bits per heavy atom. The van der Waals surface area contributed by atoms with Crippen molar-refractivity contribution in [3.63, 3.8) is 0 Å². The van der Waals surface area contributed by atoms with Crippen molar-refractivity contribution in [1.29, 1.82) is 0 Å². The van der Waals surface area contributed by atoms with Gasteiger partial charge in [0.25, 0.3) is 0 Å². The highest BCUT2D eigenvalue weighted by Crippen LogP contribution is 2.52. The summed E-state index contributed by atoms with van der Waals surface area (Å²) in [6, 6.07) is 0. The van der Waals surface area contributed by atoms with Gasteiger partial charge in [-0.2, -0.15) is 0 Å². The molecule has 0 radical (unpaired) electrons. The Morgan fingerprint density at radius 3 is 2.05 bits per heavy atom. The lowest BCUT2D eigenvalue weighted by Crippen LogP contribution is -2.60. The van der Waals surface area contributed by atoms with Gasteiger partial charge in [0.15, 0.2) is 0 Å². The van der Waals surface area contributed by atoms with Gasteiger partial charge in [-0.1, -0.05) is 41.0 Å². The number of nitrogens with two attached hydrogens (primary N) is 1. The molecule has 1 saturated heterocycles. The average molecular weight is 266 g/mol. The van der Waals surface area contributed by atoms with Crippen LogP contribution in [0, 0.1) is 16.7 Å². The molecule has 1 aliphatic carbocycles. The van der Waals surface area contributed by atoms with Crippen LogP contribution in [-0.2, 0) is 0 Å². The summed E-state index contributed by atoms with van der Waals surface area (Å²) in [5.41, 5.74) is 7.41. The Hall–Kier alpha value is -0.0800. The molecule has 2 N–H and O–H groups in total. The minimum atomic E-state index is 0.259. The first-order chi connectivity index (χ1) is 8.72. The van der Waals surface area contributed by atoms with Crippen LogP contribution in [0.25, 0.3) is 0 Å². The fraction of sp³-hybridized carbons (Fsp3) is 1.00. The fourth-order valence-corrected chi connectivity index (χ4v) is 5.36. The summed E-state index contributed by atoms with van der Waals surface area (Å²) in [4.78, 5) is 2.75. The van der Waals surface area contributed by atoms with Crippen molar-refractivity contribution in [1.82, 2.24) is 4.90 Å². The predicted molar refractivity (Wildman–Crippen MR) is 83.2 cm³/mol. The zero-order valence-corrected chi connectivity index (χ0v) is 13.8. The lowest BCUT2D eigenvalue weighted by Gasteiger charge is -2.55. The number of likely N-dealkylation sites (tertiary alicyclic amines) is 1. The molecule has 1 saturated carbocycles. The largest absolute Gasteiger partial charge is 0.329 e. The maximum Gasteiger partial charge on any atom is 0.0342 e. The molecule has 0 spiro atoms. The van der Waals surface area contributed by atoms with Crippen LogP contribution >= 0.6 is 0 Å².